The number of methoxy groups -OCH3 is 1. The molecule has 0 saturated heterocycles. The van der Waals surface area contributed by atoms with Crippen LogP contribution in [0, 0.1) is 0 Å². The van der Waals surface area contributed by atoms with Crippen LogP contribution in [0.5, 0.6) is 5.75 Å². The molecule has 0 heterocycles. The summed E-state index contributed by atoms with van der Waals surface area (Å²) in [5.74, 6) is 0.727. The zero-order valence-electron chi connectivity index (χ0n) is 10.7. The Bertz CT molecular complexity index is 617. The van der Waals surface area contributed by atoms with Gasteiger partial charge in [-0.2, -0.15) is 0 Å². The zero-order chi connectivity index (χ0) is 14.7. The predicted molar refractivity (Wildman–Crippen MR) is 85.8 cm³/mol. The highest BCUT2D eigenvalue weighted by Crippen LogP contribution is 2.31. The Morgan fingerprint density at radius 2 is 1.95 bits per heavy atom. The predicted octanol–water partition coefficient (Wildman–Crippen LogP) is 5.04. The number of aliphatic hydroxyl groups excluding tert-OH is 1. The third kappa shape index (κ3) is 3.67. The average Bonchev–Trinajstić information content (AvgIpc) is 2.41. The highest BCUT2D eigenvalue weighted by Gasteiger charge is 2.13. The van der Waals surface area contributed by atoms with Crippen molar-refractivity contribution in [1.82, 2.24) is 0 Å². The molecule has 0 aromatic heterocycles. The van der Waals surface area contributed by atoms with Gasteiger partial charge in [0.25, 0.3) is 0 Å². The highest BCUT2D eigenvalue weighted by molar-refractivity contribution is 9.10. The first-order chi connectivity index (χ1) is 9.51. The first-order valence-corrected chi connectivity index (χ1v) is 7.51. The van der Waals surface area contributed by atoms with Crippen LogP contribution >= 0.6 is 39.1 Å². The van der Waals surface area contributed by atoms with E-state index in [0.717, 1.165) is 21.3 Å². The molecular formula is C15H13BrCl2O2. The lowest BCUT2D eigenvalue weighted by Gasteiger charge is -2.14. The fourth-order valence-corrected chi connectivity index (χ4v) is 2.95. The Morgan fingerprint density at radius 3 is 2.55 bits per heavy atom. The molecule has 0 amide bonds. The van der Waals surface area contributed by atoms with Crippen LogP contribution in [0.25, 0.3) is 0 Å². The molecule has 5 heteroatoms. The maximum Gasteiger partial charge on any atom is 0.133 e. The molecule has 2 aromatic carbocycles. The van der Waals surface area contributed by atoms with E-state index in [1.54, 1.807) is 19.2 Å². The largest absolute Gasteiger partial charge is 0.496 e. The summed E-state index contributed by atoms with van der Waals surface area (Å²) in [4.78, 5) is 0. The molecule has 0 spiro atoms. The van der Waals surface area contributed by atoms with Gasteiger partial charge in [0.05, 0.1) is 17.7 Å². The molecule has 0 fully saturated rings. The first-order valence-electron chi connectivity index (χ1n) is 5.96. The van der Waals surface area contributed by atoms with Crippen molar-refractivity contribution in [3.05, 3.63) is 62.0 Å². The number of aliphatic hydroxyl groups is 1. The molecule has 2 nitrogen and oxygen atoms in total. The summed E-state index contributed by atoms with van der Waals surface area (Å²) in [5, 5.41) is 11.4. The summed E-state index contributed by atoms with van der Waals surface area (Å²) in [7, 11) is 1.60. The Kier molecular flexibility index (Phi) is 5.33. The molecule has 0 bridgehead atoms. The van der Waals surface area contributed by atoms with E-state index in [-0.39, 0.29) is 0 Å². The van der Waals surface area contributed by atoms with E-state index >= 15 is 0 Å². The summed E-state index contributed by atoms with van der Waals surface area (Å²) < 4.78 is 5.97. The van der Waals surface area contributed by atoms with Crippen LogP contribution in [0.2, 0.25) is 10.0 Å². The normalized spacial score (nSPS) is 12.2. The smallest absolute Gasteiger partial charge is 0.133 e. The van der Waals surface area contributed by atoms with Crippen LogP contribution < -0.4 is 4.74 Å². The van der Waals surface area contributed by atoms with Crippen molar-refractivity contribution in [2.75, 3.05) is 7.11 Å². The molecule has 2 aromatic rings. The van der Waals surface area contributed by atoms with Crippen molar-refractivity contribution in [3.8, 4) is 5.75 Å². The Hall–Kier alpha value is -0.740. The zero-order valence-corrected chi connectivity index (χ0v) is 13.8. The monoisotopic (exact) mass is 374 g/mol. The van der Waals surface area contributed by atoms with Gasteiger partial charge in [0.2, 0.25) is 0 Å². The van der Waals surface area contributed by atoms with E-state index in [1.165, 1.54) is 0 Å². The second kappa shape index (κ2) is 6.81. The maximum absolute atomic E-state index is 10.3. The molecule has 1 N–H and O–H groups in total. The standard InChI is InChI=1S/C15H13BrCl2O2/c1-20-15-5-3-10(6-12(15)16)14(19)7-9-2-4-11(17)8-13(9)18/h2-6,8,14,19H,7H2,1H3. The van der Waals surface area contributed by atoms with E-state index in [4.69, 9.17) is 27.9 Å². The lowest BCUT2D eigenvalue weighted by Crippen LogP contribution is -2.02. The Balaban J connectivity index is 2.19. The number of benzene rings is 2. The van der Waals surface area contributed by atoms with Crippen molar-refractivity contribution in [2.45, 2.75) is 12.5 Å². The Morgan fingerprint density at radius 1 is 1.20 bits per heavy atom. The third-order valence-corrected chi connectivity index (χ3v) is 4.20. The number of halogens is 3. The van der Waals surface area contributed by atoms with Crippen molar-refractivity contribution in [2.24, 2.45) is 0 Å². The van der Waals surface area contributed by atoms with Crippen LogP contribution in [0.15, 0.2) is 40.9 Å². The molecule has 0 aliphatic carbocycles. The highest BCUT2D eigenvalue weighted by atomic mass is 79.9. The molecule has 20 heavy (non-hydrogen) atoms. The second-order valence-electron chi connectivity index (χ2n) is 4.35. The van der Waals surface area contributed by atoms with E-state index in [2.05, 4.69) is 15.9 Å². The van der Waals surface area contributed by atoms with Crippen molar-refractivity contribution in [3.63, 3.8) is 0 Å². The van der Waals surface area contributed by atoms with Crippen LogP contribution in [0.4, 0.5) is 0 Å². The van der Waals surface area contributed by atoms with Gasteiger partial charge >= 0.3 is 0 Å². The maximum atomic E-state index is 10.3. The molecule has 106 valence electrons. The van der Waals surface area contributed by atoms with Gasteiger partial charge in [-0.3, -0.25) is 0 Å². The summed E-state index contributed by atoms with van der Waals surface area (Å²) in [6.07, 6.45) is -0.217. The molecule has 0 saturated carbocycles. The van der Waals surface area contributed by atoms with E-state index < -0.39 is 6.10 Å². The molecule has 1 unspecified atom stereocenters. The topological polar surface area (TPSA) is 29.5 Å². The van der Waals surface area contributed by atoms with Gasteiger partial charge in [0.15, 0.2) is 0 Å². The van der Waals surface area contributed by atoms with Gasteiger partial charge in [-0.15, -0.1) is 0 Å². The molecular weight excluding hydrogens is 363 g/mol. The minimum Gasteiger partial charge on any atom is -0.496 e. The van der Waals surface area contributed by atoms with Gasteiger partial charge in [0.1, 0.15) is 5.75 Å². The lowest BCUT2D eigenvalue weighted by molar-refractivity contribution is 0.178. The summed E-state index contributed by atoms with van der Waals surface area (Å²) in [6, 6.07) is 10.7. The molecule has 0 aliphatic heterocycles. The van der Waals surface area contributed by atoms with Gasteiger partial charge < -0.3 is 9.84 Å². The fourth-order valence-electron chi connectivity index (χ4n) is 1.90. The average molecular weight is 376 g/mol. The fraction of sp³-hybridized carbons (Fsp3) is 0.200. The van der Waals surface area contributed by atoms with Crippen LogP contribution in [-0.4, -0.2) is 12.2 Å². The van der Waals surface area contributed by atoms with Crippen LogP contribution in [-0.2, 0) is 6.42 Å². The van der Waals surface area contributed by atoms with Crippen molar-refractivity contribution in [1.29, 1.82) is 0 Å². The van der Waals surface area contributed by atoms with E-state index in [0.29, 0.717) is 16.5 Å². The summed E-state index contributed by atoms with van der Waals surface area (Å²) in [5.41, 5.74) is 1.65. The van der Waals surface area contributed by atoms with Crippen molar-refractivity contribution >= 4 is 39.1 Å². The first kappa shape index (κ1) is 15.6. The number of hydrogen-bond acceptors (Lipinski definition) is 2. The summed E-state index contributed by atoms with van der Waals surface area (Å²) >= 11 is 15.4. The number of rotatable bonds is 4. The quantitative estimate of drug-likeness (QED) is 0.810. The molecule has 2 rings (SSSR count). The van der Waals surface area contributed by atoms with Gasteiger partial charge in [0, 0.05) is 16.5 Å². The third-order valence-electron chi connectivity index (χ3n) is 2.99. The van der Waals surface area contributed by atoms with Gasteiger partial charge in [-0.05, 0) is 51.3 Å². The van der Waals surface area contributed by atoms with Crippen LogP contribution in [0.1, 0.15) is 17.2 Å². The Labute approximate surface area is 136 Å². The van der Waals surface area contributed by atoms with E-state index in [1.807, 2.05) is 24.3 Å². The lowest BCUT2D eigenvalue weighted by atomic mass is 10.0. The van der Waals surface area contributed by atoms with E-state index in [9.17, 15) is 5.11 Å². The minimum absolute atomic E-state index is 0.425. The van der Waals surface area contributed by atoms with Gasteiger partial charge in [-0.1, -0.05) is 35.3 Å². The minimum atomic E-state index is -0.643. The summed E-state index contributed by atoms with van der Waals surface area (Å²) in [6.45, 7) is 0. The van der Waals surface area contributed by atoms with Gasteiger partial charge in [-0.25, -0.2) is 0 Å². The number of hydrogen-bond donors (Lipinski definition) is 1. The number of ether oxygens (including phenoxy) is 1. The van der Waals surface area contributed by atoms with Crippen LogP contribution in [0.3, 0.4) is 0 Å². The second-order valence-corrected chi connectivity index (χ2v) is 6.05. The molecule has 0 radical (unpaired) electrons. The molecule has 1 atom stereocenters. The SMILES string of the molecule is COc1ccc(C(O)Cc2ccc(Cl)cc2Cl)cc1Br. The van der Waals surface area contributed by atoms with Crippen molar-refractivity contribution < 1.29 is 9.84 Å². The molecule has 0 aliphatic rings.